The van der Waals surface area contributed by atoms with E-state index in [9.17, 15) is 0 Å². The molecule has 0 aromatic carbocycles. The van der Waals surface area contributed by atoms with Gasteiger partial charge in [-0.15, -0.1) is 0 Å². The molecule has 0 aromatic rings. The van der Waals surface area contributed by atoms with Gasteiger partial charge < -0.3 is 5.48 Å². The van der Waals surface area contributed by atoms with Crippen molar-refractivity contribution in [2.24, 2.45) is 0 Å². The van der Waals surface area contributed by atoms with Crippen molar-refractivity contribution in [2.45, 2.75) is 0 Å². The van der Waals surface area contributed by atoms with Crippen LogP contribution < -0.4 is 0 Å². The minimum atomic E-state index is -5.38. The number of hydrogen-bond donors (Lipinski definition) is 0. The van der Waals surface area contributed by atoms with Crippen molar-refractivity contribution in [3.63, 3.8) is 0 Å². The number of hydrogen-bond acceptors (Lipinski definition) is 0. The Morgan fingerprint density at radius 2 is 0.600 bits per heavy atom. The third-order valence-electron chi connectivity index (χ3n) is 0. The van der Waals surface area contributed by atoms with Crippen molar-refractivity contribution in [1.29, 1.82) is 0 Å². The standard InChI is InChI=1S/6ClH.2Na.H2O.Os/h6*1H;;;1H2;/q;;;;;;;;;+6/p-6. The van der Waals surface area contributed by atoms with E-state index in [0.29, 0.717) is 0 Å². The molecular formula is H2Cl6Na2OOs. The fourth-order valence-corrected chi connectivity index (χ4v) is 0. The van der Waals surface area contributed by atoms with Crippen molar-refractivity contribution < 1.29 is 12.1 Å². The molecule has 0 atom stereocenters. The first-order valence-electron chi connectivity index (χ1n) is 0.802. The minimum absolute atomic E-state index is 0. The minimum Gasteiger partial charge on any atom is 0 e. The Morgan fingerprint density at radius 1 is 0.600 bits per heavy atom. The van der Waals surface area contributed by atoms with Gasteiger partial charge >= 0.3 is 64.5 Å². The van der Waals surface area contributed by atoms with Crippen LogP contribution in [0.15, 0.2) is 0 Å². The van der Waals surface area contributed by atoms with Gasteiger partial charge in [0.15, 0.2) is 0 Å². The summed E-state index contributed by atoms with van der Waals surface area (Å²) in [6.07, 6.45) is 0. The molecule has 0 amide bonds. The van der Waals surface area contributed by atoms with E-state index in [1.165, 1.54) is 0 Å². The predicted octanol–water partition coefficient (Wildman–Crippen LogP) is 2.55. The summed E-state index contributed by atoms with van der Waals surface area (Å²) in [5, 5.41) is 0. The molecule has 0 aliphatic carbocycles. The quantitative estimate of drug-likeness (QED) is 0.491. The Morgan fingerprint density at radius 3 is 0.600 bits per heavy atom. The second kappa shape index (κ2) is 5.43. The maximum Gasteiger partial charge on any atom is 0 e. The van der Waals surface area contributed by atoms with Crippen LogP contribution in [0.3, 0.4) is 0 Å². The molecule has 10 heteroatoms. The molecule has 0 spiro atoms. The first-order chi connectivity index (χ1) is 2.45. The second-order valence-electron chi connectivity index (χ2n) is 0.758. The number of rotatable bonds is 0. The van der Waals surface area contributed by atoms with E-state index in [-0.39, 0.29) is 64.6 Å². The summed E-state index contributed by atoms with van der Waals surface area (Å²) in [7, 11) is 30.4. The molecule has 0 rings (SSSR count). The SMILES string of the molecule is O.[Cl][Os]([Cl])([Cl])([Cl])([Cl])[Cl].[Na].[Na]. The maximum absolute atomic E-state index is 5.38. The van der Waals surface area contributed by atoms with Gasteiger partial charge in [0.1, 0.15) is 0 Å². The Hall–Kier alpha value is 4.34. The van der Waals surface area contributed by atoms with Crippen molar-refractivity contribution in [2.75, 3.05) is 0 Å². The van der Waals surface area contributed by atoms with Gasteiger partial charge in [0.25, 0.3) is 0 Å². The van der Waals surface area contributed by atoms with Crippen LogP contribution in [0.25, 0.3) is 0 Å². The van der Waals surface area contributed by atoms with Crippen LogP contribution in [0, 0.1) is 0 Å². The van der Waals surface area contributed by atoms with Crippen LogP contribution in [0.5, 0.6) is 0 Å². The average molecular weight is 467 g/mol. The van der Waals surface area contributed by atoms with Gasteiger partial charge in [0.05, 0.1) is 0 Å². The summed E-state index contributed by atoms with van der Waals surface area (Å²) in [5.74, 6) is 0. The molecule has 0 aliphatic heterocycles. The van der Waals surface area contributed by atoms with Crippen LogP contribution >= 0.6 is 57.8 Å². The van der Waals surface area contributed by atoms with E-state index in [2.05, 4.69) is 0 Å². The summed E-state index contributed by atoms with van der Waals surface area (Å²) < 4.78 is 0. The molecule has 60 valence electrons. The maximum atomic E-state index is 5.06. The van der Waals surface area contributed by atoms with Crippen LogP contribution in [0.1, 0.15) is 0 Å². The monoisotopic (exact) mass is 466 g/mol. The third-order valence-corrected chi connectivity index (χ3v) is 0. The van der Waals surface area contributed by atoms with Crippen molar-refractivity contribution in [1.82, 2.24) is 0 Å². The fraction of sp³-hybridized carbons (Fsp3) is 0. The third kappa shape index (κ3) is 84.3. The smallest absolute Gasteiger partial charge is 0 e. The zero-order chi connectivity index (χ0) is 6.41. The molecular weight excluding hydrogens is 465 g/mol. The van der Waals surface area contributed by atoms with Gasteiger partial charge in [0.2, 0.25) is 0 Å². The first-order valence-corrected chi connectivity index (χ1v) is 19.7. The normalized spacial score (nSPS) is 16.2. The Balaban J connectivity index is -0.0000000600. The molecule has 0 fully saturated rings. The average Bonchev–Trinajstić information content (AvgIpc) is 0.592. The van der Waals surface area contributed by atoms with E-state index in [0.717, 1.165) is 0 Å². The summed E-state index contributed by atoms with van der Waals surface area (Å²) in [6.45, 7) is -5.38. The van der Waals surface area contributed by atoms with Gasteiger partial charge in [-0.1, -0.05) is 0 Å². The van der Waals surface area contributed by atoms with E-state index in [4.69, 9.17) is 57.8 Å². The summed E-state index contributed by atoms with van der Waals surface area (Å²) in [6, 6.07) is 0. The Labute approximate surface area is 126 Å². The van der Waals surface area contributed by atoms with E-state index >= 15 is 0 Å². The molecule has 0 saturated heterocycles. The van der Waals surface area contributed by atoms with Gasteiger partial charge in [-0.2, -0.15) is 0 Å². The molecule has 0 aromatic heterocycles. The van der Waals surface area contributed by atoms with Gasteiger partial charge in [-0.3, -0.25) is 0 Å². The molecule has 0 bridgehead atoms. The zero-order valence-electron chi connectivity index (χ0n) is 5.12. The van der Waals surface area contributed by atoms with Crippen molar-refractivity contribution in [3.8, 4) is 0 Å². The van der Waals surface area contributed by atoms with Crippen molar-refractivity contribution >= 4 is 117 Å². The molecule has 0 saturated carbocycles. The van der Waals surface area contributed by atoms with E-state index in [1.54, 1.807) is 0 Å². The van der Waals surface area contributed by atoms with Crippen molar-refractivity contribution in [3.05, 3.63) is 0 Å². The van der Waals surface area contributed by atoms with Crippen LogP contribution in [-0.4, -0.2) is 64.6 Å². The second-order valence-corrected chi connectivity index (χ2v) is 55.8. The largest absolute Gasteiger partial charge is 0 e. The molecule has 0 unspecified atom stereocenters. The molecule has 2 N–H and O–H groups in total. The summed E-state index contributed by atoms with van der Waals surface area (Å²) >= 11 is 0. The fourth-order valence-electron chi connectivity index (χ4n) is 0. The van der Waals surface area contributed by atoms with Gasteiger partial charge in [-0.05, 0) is 0 Å². The number of halogens is 6. The van der Waals surface area contributed by atoms with Gasteiger partial charge in [-0.25, -0.2) is 0 Å². The van der Waals surface area contributed by atoms with Gasteiger partial charge in [0, 0.05) is 59.1 Å². The molecule has 10 heavy (non-hydrogen) atoms. The Kier molecular flexibility index (Phi) is 13.0. The molecule has 2 radical (unpaired) electrons. The van der Waals surface area contributed by atoms with E-state index in [1.807, 2.05) is 0 Å². The first kappa shape index (κ1) is 23.9. The molecule has 0 aliphatic rings. The predicted molar refractivity (Wildman–Crippen MR) is 50.2 cm³/mol. The van der Waals surface area contributed by atoms with Crippen LogP contribution in [-0.2, 0) is 6.64 Å². The van der Waals surface area contributed by atoms with Crippen LogP contribution in [0.2, 0.25) is 0 Å². The molecule has 1 nitrogen and oxygen atoms in total. The topological polar surface area (TPSA) is 31.5 Å². The van der Waals surface area contributed by atoms with Crippen LogP contribution in [0.4, 0.5) is 0 Å². The summed E-state index contributed by atoms with van der Waals surface area (Å²) in [5.41, 5.74) is 0. The summed E-state index contributed by atoms with van der Waals surface area (Å²) in [4.78, 5) is 0. The molecule has 0 heterocycles. The zero-order valence-corrected chi connectivity index (χ0v) is 16.2. The Bertz CT molecular complexity index is 74.3. The van der Waals surface area contributed by atoms with E-state index < -0.39 is 6.64 Å².